The van der Waals surface area contributed by atoms with E-state index in [4.69, 9.17) is 8.83 Å². The molecule has 274 valence electrons. The Hall–Kier alpha value is -7.88. The standard InChI is InChI=1S/C56H33NO2/c1-2-17-36(18-3-1)57-48-27-12-10-20-39(48)45-31-35(29-30-49(45)57)52-40-21-6-8-23-42(40)53(43-24-9-7-22-41(43)52)46-32-51-54(44-25-11-13-28-50(44)59-51)55-47(33-58-56(46)55)38-26-14-16-34-15-4-5-19-37(34)38/h1-33H. The Morgan fingerprint density at radius 3 is 1.75 bits per heavy atom. The molecule has 13 aromatic rings. The lowest BCUT2D eigenvalue weighted by atomic mass is 9.84. The molecule has 0 amide bonds. The highest BCUT2D eigenvalue weighted by atomic mass is 16.3. The van der Waals surface area contributed by atoms with Crippen molar-refractivity contribution < 1.29 is 8.83 Å². The summed E-state index contributed by atoms with van der Waals surface area (Å²) in [7, 11) is 0. The Morgan fingerprint density at radius 1 is 0.356 bits per heavy atom. The number of hydrogen-bond donors (Lipinski definition) is 0. The Kier molecular flexibility index (Phi) is 6.72. The van der Waals surface area contributed by atoms with Crippen molar-refractivity contribution in [2.75, 3.05) is 0 Å². The van der Waals surface area contributed by atoms with Crippen molar-refractivity contribution in [1.82, 2.24) is 4.57 Å². The predicted octanol–water partition coefficient (Wildman–Crippen LogP) is 15.9. The number of para-hydroxylation sites is 3. The maximum Gasteiger partial charge on any atom is 0.143 e. The maximum atomic E-state index is 6.86. The summed E-state index contributed by atoms with van der Waals surface area (Å²) < 4.78 is 16.0. The lowest BCUT2D eigenvalue weighted by molar-refractivity contribution is 0.617. The molecule has 0 radical (unpaired) electrons. The number of hydrogen-bond acceptors (Lipinski definition) is 2. The second-order valence-corrected chi connectivity index (χ2v) is 15.5. The zero-order valence-electron chi connectivity index (χ0n) is 31.8. The molecule has 0 aliphatic rings. The summed E-state index contributed by atoms with van der Waals surface area (Å²) in [5.74, 6) is 0. The molecule has 0 saturated carbocycles. The fourth-order valence-corrected chi connectivity index (χ4v) is 9.98. The summed E-state index contributed by atoms with van der Waals surface area (Å²) in [6.07, 6.45) is 1.96. The van der Waals surface area contributed by atoms with Crippen LogP contribution in [-0.4, -0.2) is 4.57 Å². The Morgan fingerprint density at radius 2 is 0.966 bits per heavy atom. The molecule has 0 spiro atoms. The zero-order chi connectivity index (χ0) is 38.6. The van der Waals surface area contributed by atoms with E-state index in [-0.39, 0.29) is 0 Å². The quantitative estimate of drug-likeness (QED) is 0.168. The third kappa shape index (κ3) is 4.58. The van der Waals surface area contributed by atoms with Crippen LogP contribution in [-0.2, 0) is 0 Å². The van der Waals surface area contributed by atoms with Crippen LogP contribution in [0.15, 0.2) is 209 Å². The van der Waals surface area contributed by atoms with Gasteiger partial charge in [0.05, 0.1) is 17.3 Å². The molecule has 0 fully saturated rings. The number of nitrogens with zero attached hydrogens (tertiary/aromatic N) is 1. The van der Waals surface area contributed by atoms with Gasteiger partial charge in [0, 0.05) is 49.3 Å². The maximum absolute atomic E-state index is 6.86. The number of rotatable bonds is 4. The van der Waals surface area contributed by atoms with E-state index in [1.807, 2.05) is 12.3 Å². The minimum absolute atomic E-state index is 0.842. The molecule has 13 rings (SSSR count). The first-order valence-electron chi connectivity index (χ1n) is 20.2. The van der Waals surface area contributed by atoms with Crippen LogP contribution in [0.4, 0.5) is 0 Å². The average molecular weight is 752 g/mol. The van der Waals surface area contributed by atoms with E-state index in [9.17, 15) is 0 Å². The number of fused-ring (bicyclic) bond motifs is 11. The second-order valence-electron chi connectivity index (χ2n) is 15.5. The smallest absolute Gasteiger partial charge is 0.143 e. The van der Waals surface area contributed by atoms with Crippen LogP contribution in [0.2, 0.25) is 0 Å². The van der Waals surface area contributed by atoms with E-state index in [0.29, 0.717) is 0 Å². The van der Waals surface area contributed by atoms with Gasteiger partial charge in [0.15, 0.2) is 0 Å². The first-order chi connectivity index (χ1) is 29.3. The van der Waals surface area contributed by atoms with Gasteiger partial charge in [-0.05, 0) is 91.5 Å². The van der Waals surface area contributed by atoms with E-state index in [1.54, 1.807) is 0 Å². The second kappa shape index (κ2) is 12.3. The van der Waals surface area contributed by atoms with Gasteiger partial charge in [-0.1, -0.05) is 152 Å². The molecule has 3 heterocycles. The lowest BCUT2D eigenvalue weighted by Gasteiger charge is -2.18. The minimum Gasteiger partial charge on any atom is -0.463 e. The molecule has 0 N–H and O–H groups in total. The first kappa shape index (κ1) is 32.2. The monoisotopic (exact) mass is 751 g/mol. The van der Waals surface area contributed by atoms with Crippen molar-refractivity contribution in [3.05, 3.63) is 200 Å². The first-order valence-corrected chi connectivity index (χ1v) is 20.2. The van der Waals surface area contributed by atoms with Gasteiger partial charge in [0.25, 0.3) is 0 Å². The molecule has 3 nitrogen and oxygen atoms in total. The molecular weight excluding hydrogens is 719 g/mol. The van der Waals surface area contributed by atoms with Crippen molar-refractivity contribution in [2.24, 2.45) is 0 Å². The summed E-state index contributed by atoms with van der Waals surface area (Å²) in [6.45, 7) is 0. The van der Waals surface area contributed by atoms with Crippen molar-refractivity contribution >= 4 is 87.0 Å². The molecule has 0 unspecified atom stereocenters. The highest BCUT2D eigenvalue weighted by molar-refractivity contribution is 6.30. The number of benzene rings is 10. The summed E-state index contributed by atoms with van der Waals surface area (Å²) in [6, 6.07) is 69.8. The van der Waals surface area contributed by atoms with Crippen LogP contribution >= 0.6 is 0 Å². The van der Waals surface area contributed by atoms with Crippen LogP contribution in [0.1, 0.15) is 0 Å². The topological polar surface area (TPSA) is 31.2 Å². The third-order valence-corrected chi connectivity index (χ3v) is 12.4. The van der Waals surface area contributed by atoms with Gasteiger partial charge in [-0.2, -0.15) is 0 Å². The largest absolute Gasteiger partial charge is 0.463 e. The van der Waals surface area contributed by atoms with E-state index in [2.05, 4.69) is 193 Å². The number of aromatic nitrogens is 1. The van der Waals surface area contributed by atoms with Gasteiger partial charge in [0.2, 0.25) is 0 Å². The lowest BCUT2D eigenvalue weighted by Crippen LogP contribution is -1.93. The van der Waals surface area contributed by atoms with Crippen molar-refractivity contribution in [3.63, 3.8) is 0 Å². The van der Waals surface area contributed by atoms with Crippen molar-refractivity contribution in [3.8, 4) is 39.1 Å². The summed E-state index contributed by atoms with van der Waals surface area (Å²) in [5.41, 5.74) is 12.8. The molecule has 10 aromatic carbocycles. The van der Waals surface area contributed by atoms with Gasteiger partial charge in [-0.25, -0.2) is 0 Å². The number of furan rings is 2. The summed E-state index contributed by atoms with van der Waals surface area (Å²) >= 11 is 0. The minimum atomic E-state index is 0.842. The molecule has 3 aromatic heterocycles. The Labute approximate surface area is 338 Å². The Balaban J connectivity index is 1.13. The van der Waals surface area contributed by atoms with Crippen LogP contribution in [0.25, 0.3) is 126 Å². The fourth-order valence-electron chi connectivity index (χ4n) is 9.98. The van der Waals surface area contributed by atoms with E-state index >= 15 is 0 Å². The van der Waals surface area contributed by atoms with Gasteiger partial charge in [-0.3, -0.25) is 0 Å². The zero-order valence-corrected chi connectivity index (χ0v) is 31.8. The van der Waals surface area contributed by atoms with Gasteiger partial charge in [0.1, 0.15) is 16.7 Å². The highest BCUT2D eigenvalue weighted by Crippen LogP contribution is 2.51. The van der Waals surface area contributed by atoms with Crippen LogP contribution in [0, 0.1) is 0 Å². The summed E-state index contributed by atoms with van der Waals surface area (Å²) in [4.78, 5) is 0. The third-order valence-electron chi connectivity index (χ3n) is 12.4. The molecule has 0 atom stereocenters. The SMILES string of the molecule is c1ccc(-n2c3ccccc3c3cc(-c4c5ccccc5c(-c5cc6oc7ccccc7c6c6c(-c7cccc8ccccc78)coc56)c5ccccc45)ccc32)cc1. The molecule has 0 aliphatic heterocycles. The normalized spacial score (nSPS) is 12.1. The van der Waals surface area contributed by atoms with Gasteiger partial charge >= 0.3 is 0 Å². The average Bonchev–Trinajstić information content (AvgIpc) is 4.00. The fraction of sp³-hybridized carbons (Fsp3) is 0. The van der Waals surface area contributed by atoms with Gasteiger partial charge < -0.3 is 13.4 Å². The van der Waals surface area contributed by atoms with E-state index < -0.39 is 0 Å². The summed E-state index contributed by atoms with van der Waals surface area (Å²) in [5, 5.41) is 12.8. The van der Waals surface area contributed by atoms with Crippen molar-refractivity contribution in [2.45, 2.75) is 0 Å². The Bertz CT molecular complexity index is 3780. The van der Waals surface area contributed by atoms with E-state index in [1.165, 1.54) is 54.5 Å². The molecule has 0 saturated heterocycles. The molecule has 3 heteroatoms. The highest BCUT2D eigenvalue weighted by Gasteiger charge is 2.25. The van der Waals surface area contributed by atoms with Crippen LogP contribution in [0.3, 0.4) is 0 Å². The van der Waals surface area contributed by atoms with Crippen molar-refractivity contribution in [1.29, 1.82) is 0 Å². The van der Waals surface area contributed by atoms with Crippen LogP contribution < -0.4 is 0 Å². The molecule has 59 heavy (non-hydrogen) atoms. The predicted molar refractivity (Wildman–Crippen MR) is 247 cm³/mol. The molecule has 0 bridgehead atoms. The molecule has 0 aliphatic carbocycles. The van der Waals surface area contributed by atoms with Gasteiger partial charge in [-0.15, -0.1) is 0 Å². The van der Waals surface area contributed by atoms with E-state index in [0.717, 1.165) is 71.6 Å². The van der Waals surface area contributed by atoms with Crippen LogP contribution in [0.5, 0.6) is 0 Å². The molecular formula is C56H33NO2.